The van der Waals surface area contributed by atoms with Gasteiger partial charge in [-0.15, -0.1) is 0 Å². The Bertz CT molecular complexity index is 946. The minimum atomic E-state index is -0.156. The fourth-order valence-electron chi connectivity index (χ4n) is 3.63. The van der Waals surface area contributed by atoms with Gasteiger partial charge in [0.2, 0.25) is 0 Å². The topological polar surface area (TPSA) is 64.6 Å². The van der Waals surface area contributed by atoms with Crippen LogP contribution >= 0.6 is 0 Å². The first-order valence-electron chi connectivity index (χ1n) is 13.2. The fourth-order valence-corrected chi connectivity index (χ4v) is 3.63. The number of hydrogen-bond acceptors (Lipinski definition) is 7. The number of hydrogen-bond donors (Lipinski definition) is 0. The first-order chi connectivity index (χ1) is 17.6. The van der Waals surface area contributed by atoms with Gasteiger partial charge >= 0.3 is 0 Å². The fraction of sp³-hybridized carbons (Fsp3) is 0.600. The quantitative estimate of drug-likeness (QED) is 0.447. The summed E-state index contributed by atoms with van der Waals surface area (Å²) in [5, 5.41) is 0. The number of rotatable bonds is 0. The summed E-state index contributed by atoms with van der Waals surface area (Å²) >= 11 is 0. The van der Waals surface area contributed by atoms with Gasteiger partial charge in [0.15, 0.2) is 23.0 Å². The highest BCUT2D eigenvalue weighted by atomic mass is 16.6. The molecule has 0 radical (unpaired) electrons. The Labute approximate surface area is 222 Å². The Hall–Kier alpha value is -2.48. The number of fused-ring (bicyclic) bond motifs is 2. The van der Waals surface area contributed by atoms with E-state index in [0.29, 0.717) is 82.5 Å². The molecule has 7 heteroatoms. The molecule has 37 heavy (non-hydrogen) atoms. The molecule has 0 aromatic heterocycles. The lowest BCUT2D eigenvalue weighted by atomic mass is 9.87. The largest absolute Gasteiger partial charge is 0.487 e. The molecular formula is C30H44O7. The van der Waals surface area contributed by atoms with Crippen molar-refractivity contribution >= 4 is 0 Å². The maximum absolute atomic E-state index is 6.36. The molecule has 2 aromatic carbocycles. The second kappa shape index (κ2) is 13.9. The molecule has 0 fully saturated rings. The van der Waals surface area contributed by atoms with Crippen LogP contribution in [0.15, 0.2) is 42.5 Å². The van der Waals surface area contributed by atoms with Crippen LogP contribution in [0.3, 0.4) is 0 Å². The highest BCUT2D eigenvalue weighted by Crippen LogP contribution is 2.34. The SMILES string of the molecule is CC(C)(C)c1ccc2c(c1)OCCOCCOCC(C(C)(C)C)Oc1ccccc1OCCOCCO2. The lowest BCUT2D eigenvalue weighted by Gasteiger charge is -2.31. The average molecular weight is 517 g/mol. The zero-order valence-electron chi connectivity index (χ0n) is 23.3. The minimum absolute atomic E-state index is 0.00450. The summed E-state index contributed by atoms with van der Waals surface area (Å²) in [5.41, 5.74) is 1.06. The maximum atomic E-state index is 6.36. The molecule has 0 bridgehead atoms. The molecule has 1 atom stereocenters. The van der Waals surface area contributed by atoms with Crippen molar-refractivity contribution in [3.8, 4) is 23.0 Å². The van der Waals surface area contributed by atoms with E-state index >= 15 is 0 Å². The van der Waals surface area contributed by atoms with E-state index in [1.54, 1.807) is 0 Å². The van der Waals surface area contributed by atoms with Gasteiger partial charge in [-0.05, 0) is 35.2 Å². The van der Waals surface area contributed by atoms with Gasteiger partial charge < -0.3 is 33.2 Å². The van der Waals surface area contributed by atoms with Crippen molar-refractivity contribution in [2.24, 2.45) is 5.41 Å². The third kappa shape index (κ3) is 9.72. The smallest absolute Gasteiger partial charge is 0.161 e. The zero-order chi connectivity index (χ0) is 26.7. The second-order valence-electron chi connectivity index (χ2n) is 11.2. The van der Waals surface area contributed by atoms with E-state index in [4.69, 9.17) is 33.2 Å². The van der Waals surface area contributed by atoms with Gasteiger partial charge in [-0.2, -0.15) is 0 Å². The third-order valence-electron chi connectivity index (χ3n) is 5.99. The molecule has 0 saturated heterocycles. The van der Waals surface area contributed by atoms with Gasteiger partial charge in [-0.1, -0.05) is 59.7 Å². The van der Waals surface area contributed by atoms with Crippen LogP contribution in [-0.4, -0.2) is 65.6 Å². The van der Waals surface area contributed by atoms with Crippen LogP contribution in [0.25, 0.3) is 0 Å². The van der Waals surface area contributed by atoms with Crippen molar-refractivity contribution in [1.82, 2.24) is 0 Å². The van der Waals surface area contributed by atoms with E-state index < -0.39 is 0 Å². The standard InChI is InChI=1S/C30H44O7/c1-29(2,3)23-11-12-25-27(21-23)36-20-17-31-13-14-33-22-28(30(4,5)6)37-26-10-8-7-9-24(26)34-18-15-32-16-19-35-25/h7-12,21,28H,13-20,22H2,1-6H3. The summed E-state index contributed by atoms with van der Waals surface area (Å²) in [5.74, 6) is 2.79. The Balaban J connectivity index is 1.67. The molecule has 0 N–H and O–H groups in total. The lowest BCUT2D eigenvalue weighted by Crippen LogP contribution is -2.37. The van der Waals surface area contributed by atoms with Crippen molar-refractivity contribution in [1.29, 1.82) is 0 Å². The van der Waals surface area contributed by atoms with E-state index in [1.165, 1.54) is 5.56 Å². The molecule has 0 amide bonds. The van der Waals surface area contributed by atoms with Crippen LogP contribution in [0.5, 0.6) is 23.0 Å². The molecule has 0 saturated carbocycles. The summed E-state index contributed by atoms with van der Waals surface area (Å²) in [4.78, 5) is 0. The molecule has 7 nitrogen and oxygen atoms in total. The summed E-state index contributed by atoms with van der Waals surface area (Å²) in [6, 6.07) is 13.8. The predicted octanol–water partition coefficient (Wildman–Crippen LogP) is 5.68. The zero-order valence-corrected chi connectivity index (χ0v) is 23.3. The van der Waals surface area contributed by atoms with E-state index in [0.717, 1.165) is 0 Å². The normalized spacial score (nSPS) is 19.5. The average Bonchev–Trinajstić information content (AvgIpc) is 2.83. The van der Waals surface area contributed by atoms with Crippen molar-refractivity contribution in [3.63, 3.8) is 0 Å². The monoisotopic (exact) mass is 516 g/mol. The van der Waals surface area contributed by atoms with Crippen LogP contribution in [0.2, 0.25) is 0 Å². The first-order valence-corrected chi connectivity index (χ1v) is 13.2. The summed E-state index contributed by atoms with van der Waals surface area (Å²) in [7, 11) is 0. The van der Waals surface area contributed by atoms with Gasteiger partial charge in [0, 0.05) is 5.41 Å². The molecule has 0 spiro atoms. The summed E-state index contributed by atoms with van der Waals surface area (Å²) in [6.45, 7) is 16.9. The molecule has 1 aliphatic rings. The van der Waals surface area contributed by atoms with Crippen LogP contribution in [0, 0.1) is 5.41 Å². The van der Waals surface area contributed by atoms with Gasteiger partial charge in [-0.25, -0.2) is 0 Å². The van der Waals surface area contributed by atoms with Crippen LogP contribution in [0.1, 0.15) is 47.1 Å². The van der Waals surface area contributed by atoms with Gasteiger partial charge in [0.1, 0.15) is 25.9 Å². The predicted molar refractivity (Wildman–Crippen MR) is 144 cm³/mol. The van der Waals surface area contributed by atoms with E-state index in [1.807, 2.05) is 36.4 Å². The molecule has 2 aromatic rings. The molecular weight excluding hydrogens is 472 g/mol. The van der Waals surface area contributed by atoms with Gasteiger partial charge in [0.25, 0.3) is 0 Å². The molecule has 1 heterocycles. The minimum Gasteiger partial charge on any atom is -0.487 e. The number of benzene rings is 2. The molecule has 3 rings (SSSR count). The Morgan fingerprint density at radius 3 is 1.68 bits per heavy atom. The van der Waals surface area contributed by atoms with Gasteiger partial charge in [0.05, 0.1) is 39.6 Å². The second-order valence-corrected chi connectivity index (χ2v) is 11.2. The van der Waals surface area contributed by atoms with Crippen molar-refractivity contribution in [3.05, 3.63) is 48.0 Å². The van der Waals surface area contributed by atoms with Crippen molar-refractivity contribution in [2.45, 2.75) is 53.1 Å². The van der Waals surface area contributed by atoms with Crippen LogP contribution in [-0.2, 0) is 19.6 Å². The highest BCUT2D eigenvalue weighted by molar-refractivity contribution is 5.45. The molecule has 206 valence electrons. The van der Waals surface area contributed by atoms with Crippen LogP contribution < -0.4 is 18.9 Å². The lowest BCUT2D eigenvalue weighted by molar-refractivity contribution is -0.0266. The molecule has 1 aliphatic heterocycles. The van der Waals surface area contributed by atoms with Crippen molar-refractivity contribution < 1.29 is 33.2 Å². The van der Waals surface area contributed by atoms with E-state index in [-0.39, 0.29) is 16.9 Å². The van der Waals surface area contributed by atoms with Crippen LogP contribution in [0.4, 0.5) is 0 Å². The molecule has 0 aliphatic carbocycles. The van der Waals surface area contributed by atoms with E-state index in [9.17, 15) is 0 Å². The van der Waals surface area contributed by atoms with E-state index in [2.05, 4.69) is 47.6 Å². The third-order valence-corrected chi connectivity index (χ3v) is 5.99. The Kier molecular flexibility index (Phi) is 10.9. The number of para-hydroxylation sites is 2. The Morgan fingerprint density at radius 1 is 0.568 bits per heavy atom. The summed E-state index contributed by atoms with van der Waals surface area (Å²) in [6.07, 6.45) is -0.156. The Morgan fingerprint density at radius 2 is 1.08 bits per heavy atom. The molecule has 1 unspecified atom stereocenters. The highest BCUT2D eigenvalue weighted by Gasteiger charge is 2.28. The van der Waals surface area contributed by atoms with Crippen molar-refractivity contribution in [2.75, 3.05) is 59.5 Å². The maximum Gasteiger partial charge on any atom is 0.161 e. The number of ether oxygens (including phenoxy) is 7. The summed E-state index contributed by atoms with van der Waals surface area (Å²) < 4.78 is 41.8. The first kappa shape index (κ1) is 29.1. The van der Waals surface area contributed by atoms with Gasteiger partial charge in [-0.3, -0.25) is 0 Å².